The highest BCUT2D eigenvalue weighted by Gasteiger charge is 2.20. The van der Waals surface area contributed by atoms with Crippen LogP contribution in [0, 0.1) is 5.92 Å². The molecule has 1 aliphatic heterocycles. The summed E-state index contributed by atoms with van der Waals surface area (Å²) in [5.74, 6) is 0.254. The fourth-order valence-corrected chi connectivity index (χ4v) is 3.09. The summed E-state index contributed by atoms with van der Waals surface area (Å²) in [5.41, 5.74) is 4.28. The van der Waals surface area contributed by atoms with Crippen molar-refractivity contribution >= 4 is 29.9 Å². The van der Waals surface area contributed by atoms with Crippen LogP contribution in [0.3, 0.4) is 0 Å². The molecule has 1 aliphatic rings. The minimum Gasteiger partial charge on any atom is -0.345 e. The number of benzene rings is 2. The minimum atomic E-state index is -0.0360. The smallest absolute Gasteiger partial charge is 0.251 e. The molecule has 0 radical (unpaired) electrons. The van der Waals surface area contributed by atoms with E-state index in [1.807, 2.05) is 42.5 Å². The Kier molecular flexibility index (Phi) is 6.27. The Morgan fingerprint density at radius 1 is 1.08 bits per heavy atom. The van der Waals surface area contributed by atoms with Gasteiger partial charge in [-0.05, 0) is 46.9 Å². The molecule has 0 saturated heterocycles. The van der Waals surface area contributed by atoms with Crippen molar-refractivity contribution in [3.05, 3.63) is 69.7 Å². The van der Waals surface area contributed by atoms with Gasteiger partial charge in [0.2, 0.25) is 0 Å². The van der Waals surface area contributed by atoms with E-state index in [0.29, 0.717) is 10.6 Å². The molecule has 3 rings (SSSR count). The zero-order chi connectivity index (χ0) is 16.4. The van der Waals surface area contributed by atoms with Crippen molar-refractivity contribution in [3.63, 3.8) is 0 Å². The second-order valence-corrected chi connectivity index (χ2v) is 6.77. The van der Waals surface area contributed by atoms with Crippen LogP contribution >= 0.6 is 24.0 Å². The maximum Gasteiger partial charge on any atom is 0.251 e. The first-order chi connectivity index (χ1) is 11.0. The van der Waals surface area contributed by atoms with Crippen LogP contribution in [0.4, 0.5) is 0 Å². The van der Waals surface area contributed by atoms with Gasteiger partial charge in [0.25, 0.3) is 5.91 Å². The molecular formula is C19H22Cl2N2O. The summed E-state index contributed by atoms with van der Waals surface area (Å²) in [5, 5.41) is 7.16. The molecule has 1 unspecified atom stereocenters. The van der Waals surface area contributed by atoms with Crippen LogP contribution in [-0.4, -0.2) is 5.91 Å². The van der Waals surface area contributed by atoms with Crippen LogP contribution in [0.5, 0.6) is 0 Å². The molecule has 1 atom stereocenters. The number of amides is 1. The van der Waals surface area contributed by atoms with Crippen molar-refractivity contribution in [2.75, 3.05) is 0 Å². The lowest BCUT2D eigenvalue weighted by Gasteiger charge is -2.23. The third-order valence-electron chi connectivity index (χ3n) is 4.28. The average Bonchev–Trinajstić information content (AvgIpc) is 3.00. The molecule has 2 N–H and O–H groups in total. The van der Waals surface area contributed by atoms with Crippen LogP contribution in [0.25, 0.3) is 0 Å². The third-order valence-corrected chi connectivity index (χ3v) is 4.53. The molecule has 0 aromatic heterocycles. The van der Waals surface area contributed by atoms with Crippen LogP contribution in [0.15, 0.2) is 42.5 Å². The van der Waals surface area contributed by atoms with E-state index in [2.05, 4.69) is 24.5 Å². The van der Waals surface area contributed by atoms with E-state index >= 15 is 0 Å². The lowest BCUT2D eigenvalue weighted by molar-refractivity contribution is 0.0925. The monoisotopic (exact) mass is 364 g/mol. The molecule has 1 heterocycles. The summed E-state index contributed by atoms with van der Waals surface area (Å²) in [6, 6.07) is 13.6. The molecule has 0 spiro atoms. The van der Waals surface area contributed by atoms with E-state index in [9.17, 15) is 4.79 Å². The van der Waals surface area contributed by atoms with E-state index in [0.717, 1.165) is 18.7 Å². The van der Waals surface area contributed by atoms with Gasteiger partial charge in [0.05, 0.1) is 6.04 Å². The van der Waals surface area contributed by atoms with Gasteiger partial charge in [-0.2, -0.15) is 0 Å². The second-order valence-electron chi connectivity index (χ2n) is 6.33. The third kappa shape index (κ3) is 4.10. The Morgan fingerprint density at radius 3 is 2.42 bits per heavy atom. The minimum absolute atomic E-state index is 0. The second kappa shape index (κ2) is 8.02. The van der Waals surface area contributed by atoms with Gasteiger partial charge in [0.1, 0.15) is 0 Å². The number of rotatable bonds is 4. The molecule has 0 bridgehead atoms. The molecule has 0 saturated carbocycles. The molecule has 0 fully saturated rings. The van der Waals surface area contributed by atoms with Gasteiger partial charge in [0, 0.05) is 23.7 Å². The summed E-state index contributed by atoms with van der Waals surface area (Å²) in [7, 11) is 0. The number of hydrogen-bond acceptors (Lipinski definition) is 2. The number of fused-ring (bicyclic) bond motifs is 1. The fourth-order valence-electron chi connectivity index (χ4n) is 2.97. The number of carbonyl (C=O) groups excluding carboxylic acids is 1. The average molecular weight is 365 g/mol. The molecule has 5 heteroatoms. The van der Waals surface area contributed by atoms with Crippen molar-refractivity contribution in [1.82, 2.24) is 10.6 Å². The predicted molar refractivity (Wildman–Crippen MR) is 101 cm³/mol. The van der Waals surface area contributed by atoms with Crippen molar-refractivity contribution in [3.8, 4) is 0 Å². The lowest BCUT2D eigenvalue weighted by Crippen LogP contribution is -2.31. The summed E-state index contributed by atoms with van der Waals surface area (Å²) < 4.78 is 0. The van der Waals surface area contributed by atoms with Crippen molar-refractivity contribution in [2.24, 2.45) is 5.92 Å². The zero-order valence-corrected chi connectivity index (χ0v) is 15.4. The highest BCUT2D eigenvalue weighted by molar-refractivity contribution is 6.30. The van der Waals surface area contributed by atoms with Crippen molar-refractivity contribution < 1.29 is 4.79 Å². The molecule has 24 heavy (non-hydrogen) atoms. The maximum atomic E-state index is 12.6. The number of carbonyl (C=O) groups is 1. The first-order valence-corrected chi connectivity index (χ1v) is 8.31. The Morgan fingerprint density at radius 2 is 1.75 bits per heavy atom. The van der Waals surface area contributed by atoms with Crippen molar-refractivity contribution in [1.29, 1.82) is 0 Å². The van der Waals surface area contributed by atoms with Crippen LogP contribution in [-0.2, 0) is 13.1 Å². The Balaban J connectivity index is 0.00000208. The maximum absolute atomic E-state index is 12.6. The topological polar surface area (TPSA) is 41.1 Å². The van der Waals surface area contributed by atoms with Crippen molar-refractivity contribution in [2.45, 2.75) is 33.0 Å². The molecule has 128 valence electrons. The van der Waals surface area contributed by atoms with Gasteiger partial charge in [-0.1, -0.05) is 43.6 Å². The molecule has 2 aromatic carbocycles. The Hall–Kier alpha value is -1.55. The van der Waals surface area contributed by atoms with E-state index in [-0.39, 0.29) is 30.3 Å². The molecular weight excluding hydrogens is 343 g/mol. The first-order valence-electron chi connectivity index (χ1n) is 7.93. The highest BCUT2D eigenvalue weighted by atomic mass is 35.5. The largest absolute Gasteiger partial charge is 0.345 e. The highest BCUT2D eigenvalue weighted by Crippen LogP contribution is 2.24. The summed E-state index contributed by atoms with van der Waals surface area (Å²) in [4.78, 5) is 12.6. The van der Waals surface area contributed by atoms with Gasteiger partial charge in [-0.15, -0.1) is 12.4 Å². The molecule has 3 nitrogen and oxygen atoms in total. The predicted octanol–water partition coefficient (Wildman–Crippen LogP) is 4.49. The Labute approximate surface area is 154 Å². The SMILES string of the molecule is CC(C)C(NC(=O)c1ccc2c(c1)CNC2)c1ccc(Cl)cc1.Cl. The zero-order valence-electron chi connectivity index (χ0n) is 13.8. The quantitative estimate of drug-likeness (QED) is 0.838. The van der Waals surface area contributed by atoms with E-state index in [1.54, 1.807) is 0 Å². The van der Waals surface area contributed by atoms with Gasteiger partial charge >= 0.3 is 0 Å². The van der Waals surface area contributed by atoms with E-state index < -0.39 is 0 Å². The fraction of sp³-hybridized carbons (Fsp3) is 0.316. The summed E-state index contributed by atoms with van der Waals surface area (Å²) in [6.07, 6.45) is 0. The van der Waals surface area contributed by atoms with E-state index in [1.165, 1.54) is 11.1 Å². The van der Waals surface area contributed by atoms with Gasteiger partial charge in [-0.3, -0.25) is 4.79 Å². The van der Waals surface area contributed by atoms with Crippen LogP contribution in [0.2, 0.25) is 5.02 Å². The molecule has 1 amide bonds. The molecule has 2 aromatic rings. The number of halogens is 2. The standard InChI is InChI=1S/C19H21ClN2O.ClH/c1-12(2)18(13-5-7-17(20)8-6-13)22-19(23)14-3-4-15-10-21-11-16(15)9-14;/h3-9,12,18,21H,10-11H2,1-2H3,(H,22,23);1H. The van der Waals surface area contributed by atoms with E-state index in [4.69, 9.17) is 11.6 Å². The lowest BCUT2D eigenvalue weighted by atomic mass is 9.95. The normalized spacial score (nSPS) is 14.0. The molecule has 0 aliphatic carbocycles. The summed E-state index contributed by atoms with van der Waals surface area (Å²) in [6.45, 7) is 5.93. The number of hydrogen-bond donors (Lipinski definition) is 2. The number of nitrogens with one attached hydrogen (secondary N) is 2. The van der Waals surface area contributed by atoms with Gasteiger partial charge in [0.15, 0.2) is 0 Å². The first kappa shape index (κ1) is 18.8. The van der Waals surface area contributed by atoms with Gasteiger partial charge in [-0.25, -0.2) is 0 Å². The Bertz CT molecular complexity index is 714. The van der Waals surface area contributed by atoms with Gasteiger partial charge < -0.3 is 10.6 Å². The summed E-state index contributed by atoms with van der Waals surface area (Å²) >= 11 is 5.96. The van der Waals surface area contributed by atoms with Crippen LogP contribution in [0.1, 0.15) is 46.9 Å². The van der Waals surface area contributed by atoms with Crippen LogP contribution < -0.4 is 10.6 Å².